The summed E-state index contributed by atoms with van der Waals surface area (Å²) in [5.74, 6) is -1.71. The highest BCUT2D eigenvalue weighted by Gasteiger charge is 2.37. The standard InChI is InChI=1S/C24H34N6O5/c1-15-6-3-4-7-17(15)21(29-22(33)18-13-25-9-10-26-18)24(35)28-14-20(32)30-11-5-8-19(30)23(34)27-12-16(2)31/h9-10,13,15,17,19,21H,3-8,11-12,14H2,1-2H3,(H,27,34)(H,28,35)(H,29,33). The molecule has 11 heteroatoms. The summed E-state index contributed by atoms with van der Waals surface area (Å²) in [5.41, 5.74) is 0.112. The third-order valence-electron chi connectivity index (χ3n) is 6.77. The van der Waals surface area contributed by atoms with Gasteiger partial charge in [-0.15, -0.1) is 0 Å². The Kier molecular flexibility index (Phi) is 9.27. The third-order valence-corrected chi connectivity index (χ3v) is 6.77. The maximum Gasteiger partial charge on any atom is 0.272 e. The van der Waals surface area contributed by atoms with E-state index in [0.29, 0.717) is 19.4 Å². The minimum atomic E-state index is -0.819. The van der Waals surface area contributed by atoms with Gasteiger partial charge >= 0.3 is 0 Å². The zero-order valence-electron chi connectivity index (χ0n) is 20.3. The van der Waals surface area contributed by atoms with Crippen molar-refractivity contribution in [2.24, 2.45) is 11.8 Å². The lowest BCUT2D eigenvalue weighted by molar-refractivity contribution is -0.139. The molecule has 190 valence electrons. The third kappa shape index (κ3) is 7.06. The van der Waals surface area contributed by atoms with E-state index >= 15 is 0 Å². The van der Waals surface area contributed by atoms with Crippen LogP contribution in [0.4, 0.5) is 0 Å². The average Bonchev–Trinajstić information content (AvgIpc) is 3.35. The first-order valence-corrected chi connectivity index (χ1v) is 12.2. The van der Waals surface area contributed by atoms with Crippen LogP contribution in [0.3, 0.4) is 0 Å². The van der Waals surface area contributed by atoms with Crippen molar-refractivity contribution in [2.45, 2.75) is 64.5 Å². The minimum Gasteiger partial charge on any atom is -0.347 e. The summed E-state index contributed by atoms with van der Waals surface area (Å²) in [6.45, 7) is 3.48. The highest BCUT2D eigenvalue weighted by atomic mass is 16.2. The molecular weight excluding hydrogens is 452 g/mol. The molecule has 0 aromatic carbocycles. The molecule has 4 unspecified atom stereocenters. The van der Waals surface area contributed by atoms with Crippen molar-refractivity contribution in [1.29, 1.82) is 0 Å². The van der Waals surface area contributed by atoms with Gasteiger partial charge in [0.1, 0.15) is 23.6 Å². The number of carbonyl (C=O) groups excluding carboxylic acids is 5. The number of nitrogens with zero attached hydrogens (tertiary/aromatic N) is 3. The Hall–Kier alpha value is -3.37. The van der Waals surface area contributed by atoms with Gasteiger partial charge in [-0.1, -0.05) is 26.2 Å². The quantitative estimate of drug-likeness (QED) is 0.452. The zero-order valence-corrected chi connectivity index (χ0v) is 20.3. The van der Waals surface area contributed by atoms with E-state index in [4.69, 9.17) is 0 Å². The fourth-order valence-corrected chi connectivity index (χ4v) is 4.88. The van der Waals surface area contributed by atoms with Crippen LogP contribution in [-0.2, 0) is 19.2 Å². The SMILES string of the molecule is CC(=O)CNC(=O)C1CCCN1C(=O)CNC(=O)C(NC(=O)c1cnccn1)C1CCCCC1C. The number of hydrogen-bond acceptors (Lipinski definition) is 7. The normalized spacial score (nSPS) is 22.7. The van der Waals surface area contributed by atoms with E-state index in [0.717, 1.165) is 25.7 Å². The first-order chi connectivity index (χ1) is 16.8. The molecule has 0 radical (unpaired) electrons. The molecule has 1 aromatic heterocycles. The van der Waals surface area contributed by atoms with Crippen molar-refractivity contribution in [3.63, 3.8) is 0 Å². The van der Waals surface area contributed by atoms with Gasteiger partial charge in [0, 0.05) is 18.9 Å². The highest BCUT2D eigenvalue weighted by Crippen LogP contribution is 2.32. The molecule has 1 aliphatic heterocycles. The molecule has 11 nitrogen and oxygen atoms in total. The second-order valence-corrected chi connectivity index (χ2v) is 9.35. The van der Waals surface area contributed by atoms with Crippen LogP contribution >= 0.6 is 0 Å². The maximum absolute atomic E-state index is 13.2. The highest BCUT2D eigenvalue weighted by molar-refractivity contribution is 5.97. The van der Waals surface area contributed by atoms with E-state index in [1.807, 2.05) is 0 Å². The molecule has 3 rings (SSSR count). The van der Waals surface area contributed by atoms with Crippen LogP contribution in [0.15, 0.2) is 18.6 Å². The average molecular weight is 487 g/mol. The molecule has 1 aromatic rings. The van der Waals surface area contributed by atoms with Gasteiger partial charge < -0.3 is 20.9 Å². The van der Waals surface area contributed by atoms with Gasteiger partial charge in [-0.2, -0.15) is 0 Å². The Balaban J connectivity index is 1.64. The van der Waals surface area contributed by atoms with E-state index in [-0.39, 0.29) is 48.2 Å². The Morgan fingerprint density at radius 1 is 1.03 bits per heavy atom. The first-order valence-electron chi connectivity index (χ1n) is 12.2. The van der Waals surface area contributed by atoms with Gasteiger partial charge in [-0.25, -0.2) is 4.98 Å². The summed E-state index contributed by atoms with van der Waals surface area (Å²) >= 11 is 0. The smallest absolute Gasteiger partial charge is 0.272 e. The lowest BCUT2D eigenvalue weighted by Crippen LogP contribution is -2.55. The molecule has 2 fully saturated rings. The molecule has 35 heavy (non-hydrogen) atoms. The molecule has 1 aliphatic carbocycles. The number of carbonyl (C=O) groups is 5. The number of nitrogens with one attached hydrogen (secondary N) is 3. The van der Waals surface area contributed by atoms with E-state index < -0.39 is 23.9 Å². The van der Waals surface area contributed by atoms with Crippen molar-refractivity contribution in [3.05, 3.63) is 24.3 Å². The maximum atomic E-state index is 13.2. The van der Waals surface area contributed by atoms with Crippen LogP contribution < -0.4 is 16.0 Å². The van der Waals surface area contributed by atoms with E-state index in [1.54, 1.807) is 0 Å². The largest absolute Gasteiger partial charge is 0.347 e. The minimum absolute atomic E-state index is 0.0728. The van der Waals surface area contributed by atoms with Crippen molar-refractivity contribution >= 4 is 29.4 Å². The van der Waals surface area contributed by atoms with E-state index in [1.165, 1.54) is 30.4 Å². The van der Waals surface area contributed by atoms with Crippen molar-refractivity contribution in [1.82, 2.24) is 30.8 Å². The second-order valence-electron chi connectivity index (χ2n) is 9.35. The van der Waals surface area contributed by atoms with Gasteiger partial charge in [0.05, 0.1) is 19.3 Å². The van der Waals surface area contributed by atoms with Gasteiger partial charge in [-0.05, 0) is 38.0 Å². The molecule has 4 atom stereocenters. The van der Waals surface area contributed by atoms with Crippen LogP contribution in [0.5, 0.6) is 0 Å². The van der Waals surface area contributed by atoms with Gasteiger partial charge in [0.2, 0.25) is 17.7 Å². The summed E-state index contributed by atoms with van der Waals surface area (Å²) in [4.78, 5) is 71.7. The molecular formula is C24H34N6O5. The number of likely N-dealkylation sites (tertiary alicyclic amines) is 1. The van der Waals surface area contributed by atoms with E-state index in [2.05, 4.69) is 32.8 Å². The fraction of sp³-hybridized carbons (Fsp3) is 0.625. The van der Waals surface area contributed by atoms with Crippen LogP contribution in [0.2, 0.25) is 0 Å². The number of hydrogen-bond donors (Lipinski definition) is 3. The summed E-state index contributed by atoms with van der Waals surface area (Å²) in [6, 6.07) is -1.48. The predicted octanol–water partition coefficient (Wildman–Crippen LogP) is 0.214. The topological polar surface area (TPSA) is 150 Å². The molecule has 2 aliphatic rings. The lowest BCUT2D eigenvalue weighted by Gasteiger charge is -2.35. The summed E-state index contributed by atoms with van der Waals surface area (Å²) < 4.78 is 0. The number of Topliss-reactive ketones (excluding diaryl/α,β-unsaturated/α-hetero) is 1. The van der Waals surface area contributed by atoms with Gasteiger partial charge in [0.25, 0.3) is 5.91 Å². The Morgan fingerprint density at radius 2 is 1.80 bits per heavy atom. The molecule has 3 N–H and O–H groups in total. The molecule has 0 spiro atoms. The Morgan fingerprint density at radius 3 is 2.49 bits per heavy atom. The second kappa shape index (κ2) is 12.4. The summed E-state index contributed by atoms with van der Waals surface area (Å²) in [6.07, 6.45) is 9.15. The van der Waals surface area contributed by atoms with Crippen LogP contribution in [0.1, 0.15) is 62.9 Å². The number of aromatic nitrogens is 2. The van der Waals surface area contributed by atoms with Gasteiger partial charge in [-0.3, -0.25) is 29.0 Å². The van der Waals surface area contributed by atoms with E-state index in [9.17, 15) is 24.0 Å². The van der Waals surface area contributed by atoms with Crippen molar-refractivity contribution < 1.29 is 24.0 Å². The summed E-state index contributed by atoms with van der Waals surface area (Å²) in [5, 5.41) is 8.03. The van der Waals surface area contributed by atoms with Crippen LogP contribution in [0.25, 0.3) is 0 Å². The number of amides is 4. The molecule has 1 saturated heterocycles. The van der Waals surface area contributed by atoms with Crippen LogP contribution in [-0.4, -0.2) is 76.0 Å². The van der Waals surface area contributed by atoms with Gasteiger partial charge in [0.15, 0.2) is 0 Å². The fourth-order valence-electron chi connectivity index (χ4n) is 4.88. The number of rotatable bonds is 9. The molecule has 0 bridgehead atoms. The molecule has 2 heterocycles. The van der Waals surface area contributed by atoms with Crippen LogP contribution in [0, 0.1) is 11.8 Å². The molecule has 1 saturated carbocycles. The monoisotopic (exact) mass is 486 g/mol. The number of ketones is 1. The van der Waals surface area contributed by atoms with Crippen molar-refractivity contribution in [2.75, 3.05) is 19.6 Å². The molecule has 4 amide bonds. The first kappa shape index (κ1) is 26.2. The lowest BCUT2D eigenvalue weighted by atomic mass is 9.76. The summed E-state index contributed by atoms with van der Waals surface area (Å²) in [7, 11) is 0. The Labute approximate surface area is 204 Å². The zero-order chi connectivity index (χ0) is 25.4. The van der Waals surface area contributed by atoms with Crippen molar-refractivity contribution in [3.8, 4) is 0 Å². The Bertz CT molecular complexity index is 940. The predicted molar refractivity (Wildman–Crippen MR) is 126 cm³/mol.